The zero-order valence-electron chi connectivity index (χ0n) is 13.1. The summed E-state index contributed by atoms with van der Waals surface area (Å²) in [6, 6.07) is 6.18. The van der Waals surface area contributed by atoms with Crippen molar-refractivity contribution in [1.82, 2.24) is 0 Å². The molecule has 0 saturated carbocycles. The Morgan fingerprint density at radius 2 is 1.60 bits per heavy atom. The molecule has 0 fully saturated rings. The molecule has 2 atom stereocenters. The lowest BCUT2D eigenvalue weighted by molar-refractivity contribution is 0.268. The van der Waals surface area contributed by atoms with Crippen LogP contribution in [0.4, 0.5) is 0 Å². The van der Waals surface area contributed by atoms with Gasteiger partial charge in [0, 0.05) is 5.38 Å². The molecular weight excluding hydrogens is 272 g/mol. The van der Waals surface area contributed by atoms with Crippen molar-refractivity contribution >= 4 is 11.6 Å². The first-order valence-corrected chi connectivity index (χ1v) is 8.11. The predicted octanol–water partition coefficient (Wildman–Crippen LogP) is 5.39. The molecule has 0 aromatic heterocycles. The smallest absolute Gasteiger partial charge is 0.161 e. The van der Waals surface area contributed by atoms with Crippen LogP contribution in [0.3, 0.4) is 0 Å². The van der Waals surface area contributed by atoms with Gasteiger partial charge in [0.25, 0.3) is 0 Å². The van der Waals surface area contributed by atoms with E-state index in [0.717, 1.165) is 30.8 Å². The Morgan fingerprint density at radius 1 is 1.00 bits per heavy atom. The molecule has 2 unspecified atom stereocenters. The Balaban J connectivity index is 2.93. The van der Waals surface area contributed by atoms with Gasteiger partial charge in [0.05, 0.1) is 13.2 Å². The first kappa shape index (κ1) is 17.2. The van der Waals surface area contributed by atoms with Crippen molar-refractivity contribution in [3.63, 3.8) is 0 Å². The van der Waals surface area contributed by atoms with Gasteiger partial charge in [0.1, 0.15) is 0 Å². The second kappa shape index (κ2) is 9.12. The molecule has 0 radical (unpaired) electrons. The second-order valence-electron chi connectivity index (χ2n) is 5.12. The van der Waals surface area contributed by atoms with E-state index in [-0.39, 0.29) is 5.38 Å². The Hall–Kier alpha value is -0.890. The largest absolute Gasteiger partial charge is 0.490 e. The normalized spacial score (nSPS) is 13.8. The molecule has 1 aromatic rings. The maximum atomic E-state index is 6.36. The van der Waals surface area contributed by atoms with E-state index in [0.29, 0.717) is 19.1 Å². The van der Waals surface area contributed by atoms with Crippen LogP contribution in [0.25, 0.3) is 0 Å². The molecular formula is C17H27ClO2. The third-order valence-corrected chi connectivity index (χ3v) is 4.04. The molecule has 1 aromatic carbocycles. The predicted molar refractivity (Wildman–Crippen MR) is 86.4 cm³/mol. The van der Waals surface area contributed by atoms with Gasteiger partial charge in [-0.05, 0) is 42.9 Å². The molecule has 1 rings (SSSR count). The molecule has 20 heavy (non-hydrogen) atoms. The zero-order valence-corrected chi connectivity index (χ0v) is 13.9. The molecule has 0 spiro atoms. The first-order valence-electron chi connectivity index (χ1n) is 7.67. The fourth-order valence-electron chi connectivity index (χ4n) is 2.03. The average Bonchev–Trinajstić information content (AvgIpc) is 2.49. The van der Waals surface area contributed by atoms with Crippen LogP contribution in [0.2, 0.25) is 0 Å². The van der Waals surface area contributed by atoms with Gasteiger partial charge in [0.2, 0.25) is 0 Å². The standard InChI is InChI=1S/C17H27ClO2/c1-5-10-19-16-9-8-14(13(4)15(18)7-3)12-17(16)20-11-6-2/h8-9,12-13,15H,5-7,10-11H2,1-4H3. The lowest BCUT2D eigenvalue weighted by atomic mass is 9.96. The quantitative estimate of drug-likeness (QED) is 0.569. The van der Waals surface area contributed by atoms with Crippen molar-refractivity contribution in [2.75, 3.05) is 13.2 Å². The van der Waals surface area contributed by atoms with Crippen LogP contribution in [-0.2, 0) is 0 Å². The molecule has 0 amide bonds. The highest BCUT2D eigenvalue weighted by Crippen LogP contribution is 2.34. The topological polar surface area (TPSA) is 18.5 Å². The Kier molecular flexibility index (Phi) is 7.83. The van der Waals surface area contributed by atoms with E-state index in [1.54, 1.807) is 0 Å². The van der Waals surface area contributed by atoms with E-state index in [4.69, 9.17) is 21.1 Å². The fourth-order valence-corrected chi connectivity index (χ4v) is 2.17. The fraction of sp³-hybridized carbons (Fsp3) is 0.647. The minimum absolute atomic E-state index is 0.149. The molecule has 3 heteroatoms. The van der Waals surface area contributed by atoms with Gasteiger partial charge in [0.15, 0.2) is 11.5 Å². The van der Waals surface area contributed by atoms with E-state index in [2.05, 4.69) is 39.8 Å². The number of ether oxygens (including phenoxy) is 2. The second-order valence-corrected chi connectivity index (χ2v) is 5.68. The van der Waals surface area contributed by atoms with Crippen molar-refractivity contribution in [3.05, 3.63) is 23.8 Å². The van der Waals surface area contributed by atoms with Gasteiger partial charge in [-0.3, -0.25) is 0 Å². The van der Waals surface area contributed by atoms with Gasteiger partial charge in [-0.1, -0.05) is 33.8 Å². The lowest BCUT2D eigenvalue weighted by Gasteiger charge is -2.19. The van der Waals surface area contributed by atoms with Crippen LogP contribution in [0.1, 0.15) is 58.4 Å². The molecule has 0 bridgehead atoms. The highest BCUT2D eigenvalue weighted by atomic mass is 35.5. The average molecular weight is 299 g/mol. The summed E-state index contributed by atoms with van der Waals surface area (Å²) in [5, 5.41) is 0.149. The lowest BCUT2D eigenvalue weighted by Crippen LogP contribution is -2.09. The van der Waals surface area contributed by atoms with Crippen LogP contribution in [-0.4, -0.2) is 18.6 Å². The summed E-state index contributed by atoms with van der Waals surface area (Å²) in [5.74, 6) is 1.98. The number of hydrogen-bond acceptors (Lipinski definition) is 2. The summed E-state index contributed by atoms with van der Waals surface area (Å²) in [7, 11) is 0. The Labute approximate surface area is 128 Å². The first-order chi connectivity index (χ1) is 9.63. The van der Waals surface area contributed by atoms with Crippen molar-refractivity contribution in [2.45, 2.75) is 58.3 Å². The number of alkyl halides is 1. The summed E-state index contributed by atoms with van der Waals surface area (Å²) in [6.45, 7) is 9.89. The maximum Gasteiger partial charge on any atom is 0.161 e. The number of hydrogen-bond donors (Lipinski definition) is 0. The number of benzene rings is 1. The van der Waals surface area contributed by atoms with Crippen molar-refractivity contribution in [2.24, 2.45) is 0 Å². The van der Waals surface area contributed by atoms with Gasteiger partial charge in [-0.15, -0.1) is 11.6 Å². The third kappa shape index (κ3) is 4.90. The number of halogens is 1. The molecule has 0 heterocycles. The third-order valence-electron chi connectivity index (χ3n) is 3.35. The van der Waals surface area contributed by atoms with Gasteiger partial charge in [-0.25, -0.2) is 0 Å². The molecule has 0 aliphatic rings. The van der Waals surface area contributed by atoms with Crippen LogP contribution < -0.4 is 9.47 Å². The summed E-state index contributed by atoms with van der Waals surface area (Å²) < 4.78 is 11.6. The van der Waals surface area contributed by atoms with Gasteiger partial charge < -0.3 is 9.47 Å². The van der Waals surface area contributed by atoms with Crippen LogP contribution in [0.15, 0.2) is 18.2 Å². The van der Waals surface area contributed by atoms with Crippen molar-refractivity contribution < 1.29 is 9.47 Å². The maximum absolute atomic E-state index is 6.36. The van der Waals surface area contributed by atoms with E-state index in [1.807, 2.05) is 6.07 Å². The molecule has 114 valence electrons. The number of rotatable bonds is 9. The molecule has 0 saturated heterocycles. The van der Waals surface area contributed by atoms with Crippen LogP contribution in [0.5, 0.6) is 11.5 Å². The van der Waals surface area contributed by atoms with E-state index in [9.17, 15) is 0 Å². The summed E-state index contributed by atoms with van der Waals surface area (Å²) in [6.07, 6.45) is 2.94. The van der Waals surface area contributed by atoms with Crippen LogP contribution >= 0.6 is 11.6 Å². The van der Waals surface area contributed by atoms with Crippen LogP contribution in [0, 0.1) is 0 Å². The monoisotopic (exact) mass is 298 g/mol. The summed E-state index contributed by atoms with van der Waals surface area (Å²) >= 11 is 6.36. The van der Waals surface area contributed by atoms with E-state index < -0.39 is 0 Å². The minimum atomic E-state index is 0.149. The SMILES string of the molecule is CCCOc1ccc(C(C)C(Cl)CC)cc1OCCC. The van der Waals surface area contributed by atoms with Gasteiger partial charge in [-0.2, -0.15) is 0 Å². The minimum Gasteiger partial charge on any atom is -0.490 e. The molecule has 0 aliphatic carbocycles. The summed E-state index contributed by atoms with van der Waals surface area (Å²) in [5.41, 5.74) is 1.21. The highest BCUT2D eigenvalue weighted by Gasteiger charge is 2.17. The zero-order chi connectivity index (χ0) is 15.0. The molecule has 0 aliphatic heterocycles. The van der Waals surface area contributed by atoms with Gasteiger partial charge >= 0.3 is 0 Å². The van der Waals surface area contributed by atoms with E-state index >= 15 is 0 Å². The van der Waals surface area contributed by atoms with E-state index in [1.165, 1.54) is 5.56 Å². The summed E-state index contributed by atoms with van der Waals surface area (Å²) in [4.78, 5) is 0. The highest BCUT2D eigenvalue weighted by molar-refractivity contribution is 6.21. The molecule has 0 N–H and O–H groups in total. The molecule has 2 nitrogen and oxygen atoms in total. The van der Waals surface area contributed by atoms with Crippen molar-refractivity contribution in [1.29, 1.82) is 0 Å². The van der Waals surface area contributed by atoms with Crippen molar-refractivity contribution in [3.8, 4) is 11.5 Å². The Bertz CT molecular complexity index is 393. The Morgan fingerprint density at radius 3 is 2.15 bits per heavy atom.